The molecule has 0 aromatic heterocycles. The van der Waals surface area contributed by atoms with Gasteiger partial charge in [0.1, 0.15) is 12.0 Å². The van der Waals surface area contributed by atoms with Crippen LogP contribution in [0.5, 0.6) is 5.75 Å². The summed E-state index contributed by atoms with van der Waals surface area (Å²) in [4.78, 5) is 10.3. The molecular weight excluding hydrogens is 178 g/mol. The largest absolute Gasteiger partial charge is 0.495 e. The van der Waals surface area contributed by atoms with Crippen molar-refractivity contribution in [3.8, 4) is 5.75 Å². The van der Waals surface area contributed by atoms with Gasteiger partial charge in [0.25, 0.3) is 0 Å². The third-order valence-corrected chi connectivity index (χ3v) is 1.39. The highest BCUT2D eigenvalue weighted by Crippen LogP contribution is 2.20. The number of ether oxygens (including phenoxy) is 1. The van der Waals surface area contributed by atoms with Crippen molar-refractivity contribution in [2.45, 2.75) is 0 Å². The first-order valence-corrected chi connectivity index (χ1v) is 3.16. The predicted molar refractivity (Wildman–Crippen MR) is 50.0 cm³/mol. The smallest absolute Gasteiger partial charge is 0.150 e. The maximum Gasteiger partial charge on any atom is 0.150 e. The third kappa shape index (κ3) is 2.13. The first kappa shape index (κ1) is 10.8. The number of carbonyl (C=O) groups excluding carboxylic acids is 1. The van der Waals surface area contributed by atoms with Gasteiger partial charge in [-0.15, -0.1) is 12.4 Å². The molecule has 1 rings (SSSR count). The summed E-state index contributed by atoms with van der Waals surface area (Å²) in [5, 5.41) is 0. The summed E-state index contributed by atoms with van der Waals surface area (Å²) in [6.07, 6.45) is 0.746. The van der Waals surface area contributed by atoms with E-state index in [1.165, 1.54) is 7.11 Å². The van der Waals surface area contributed by atoms with Gasteiger partial charge in [0.2, 0.25) is 0 Å². The standard InChI is InChI=1S/C8H9NO2.ClH/c1-11-8-3-2-6(5-10)4-7(8)9;/h2-5H,9H2,1H3;1H. The SMILES string of the molecule is COc1ccc(C=O)cc1N.Cl. The number of rotatable bonds is 2. The molecular formula is C8H10ClNO2. The molecule has 1 aromatic rings. The monoisotopic (exact) mass is 187 g/mol. The molecule has 0 fully saturated rings. The molecule has 0 atom stereocenters. The molecule has 0 aliphatic carbocycles. The minimum Gasteiger partial charge on any atom is -0.495 e. The molecule has 0 amide bonds. The van der Waals surface area contributed by atoms with E-state index in [4.69, 9.17) is 10.5 Å². The number of anilines is 1. The number of nitrogen functional groups attached to an aromatic ring is 1. The number of hydrogen-bond acceptors (Lipinski definition) is 3. The first-order valence-electron chi connectivity index (χ1n) is 3.16. The Bertz CT molecular complexity index is 276. The predicted octanol–water partition coefficient (Wildman–Crippen LogP) is 1.51. The van der Waals surface area contributed by atoms with Gasteiger partial charge < -0.3 is 10.5 Å². The maximum atomic E-state index is 10.3. The van der Waals surface area contributed by atoms with Crippen molar-refractivity contribution in [3.05, 3.63) is 23.8 Å². The topological polar surface area (TPSA) is 52.3 Å². The fourth-order valence-electron chi connectivity index (χ4n) is 0.826. The molecule has 66 valence electrons. The number of aldehydes is 1. The van der Waals surface area contributed by atoms with E-state index in [2.05, 4.69) is 0 Å². The number of hydrogen-bond donors (Lipinski definition) is 1. The quantitative estimate of drug-likeness (QED) is 0.564. The van der Waals surface area contributed by atoms with E-state index < -0.39 is 0 Å². The van der Waals surface area contributed by atoms with Crippen LogP contribution in [0.2, 0.25) is 0 Å². The molecule has 0 aliphatic rings. The Balaban J connectivity index is 0.00000121. The zero-order valence-corrected chi connectivity index (χ0v) is 7.43. The zero-order chi connectivity index (χ0) is 8.27. The van der Waals surface area contributed by atoms with Crippen LogP contribution in [0.4, 0.5) is 5.69 Å². The van der Waals surface area contributed by atoms with Crippen molar-refractivity contribution in [2.24, 2.45) is 0 Å². The van der Waals surface area contributed by atoms with Crippen LogP contribution in [-0.4, -0.2) is 13.4 Å². The first-order chi connectivity index (χ1) is 5.27. The number of carbonyl (C=O) groups is 1. The Morgan fingerprint density at radius 3 is 2.58 bits per heavy atom. The molecule has 0 radical (unpaired) electrons. The summed E-state index contributed by atoms with van der Waals surface area (Å²) in [5.74, 6) is 0.593. The lowest BCUT2D eigenvalue weighted by Gasteiger charge is -2.02. The van der Waals surface area contributed by atoms with E-state index >= 15 is 0 Å². The van der Waals surface area contributed by atoms with Crippen LogP contribution in [0.3, 0.4) is 0 Å². The van der Waals surface area contributed by atoms with Crippen LogP contribution in [0.15, 0.2) is 18.2 Å². The second-order valence-electron chi connectivity index (χ2n) is 2.12. The van der Waals surface area contributed by atoms with Crippen molar-refractivity contribution in [1.29, 1.82) is 0 Å². The van der Waals surface area contributed by atoms with Crippen LogP contribution in [0.1, 0.15) is 10.4 Å². The highest BCUT2D eigenvalue weighted by Gasteiger charge is 1.98. The summed E-state index contributed by atoms with van der Waals surface area (Å²) in [6.45, 7) is 0. The number of nitrogens with two attached hydrogens (primary N) is 1. The minimum absolute atomic E-state index is 0. The molecule has 0 unspecified atom stereocenters. The van der Waals surface area contributed by atoms with Crippen molar-refractivity contribution in [3.63, 3.8) is 0 Å². The zero-order valence-electron chi connectivity index (χ0n) is 6.61. The molecule has 0 bridgehead atoms. The molecule has 0 spiro atoms. The van der Waals surface area contributed by atoms with Gasteiger partial charge in [-0.2, -0.15) is 0 Å². The molecule has 12 heavy (non-hydrogen) atoms. The van der Waals surface area contributed by atoms with E-state index in [1.54, 1.807) is 18.2 Å². The molecule has 0 saturated heterocycles. The lowest BCUT2D eigenvalue weighted by atomic mass is 10.2. The Morgan fingerprint density at radius 2 is 2.17 bits per heavy atom. The van der Waals surface area contributed by atoms with Gasteiger partial charge in [-0.25, -0.2) is 0 Å². The van der Waals surface area contributed by atoms with E-state index in [-0.39, 0.29) is 12.4 Å². The summed E-state index contributed by atoms with van der Waals surface area (Å²) >= 11 is 0. The van der Waals surface area contributed by atoms with E-state index in [1.807, 2.05) is 0 Å². The molecule has 4 heteroatoms. The van der Waals surface area contributed by atoms with Gasteiger partial charge >= 0.3 is 0 Å². The number of methoxy groups -OCH3 is 1. The van der Waals surface area contributed by atoms with Gasteiger partial charge in [0, 0.05) is 5.56 Å². The van der Waals surface area contributed by atoms with Crippen molar-refractivity contribution in [1.82, 2.24) is 0 Å². The Kier molecular flexibility index (Phi) is 4.15. The minimum atomic E-state index is 0. The van der Waals surface area contributed by atoms with Gasteiger partial charge in [-0.1, -0.05) is 0 Å². The van der Waals surface area contributed by atoms with Crippen LogP contribution in [-0.2, 0) is 0 Å². The lowest BCUT2D eigenvalue weighted by Crippen LogP contribution is -1.93. The second-order valence-corrected chi connectivity index (χ2v) is 2.12. The van der Waals surface area contributed by atoms with Crippen molar-refractivity contribution in [2.75, 3.05) is 12.8 Å². The summed E-state index contributed by atoms with van der Waals surface area (Å²) in [5.41, 5.74) is 6.57. The molecule has 0 saturated carbocycles. The van der Waals surface area contributed by atoms with Crippen LogP contribution < -0.4 is 10.5 Å². The maximum absolute atomic E-state index is 10.3. The van der Waals surface area contributed by atoms with E-state index in [9.17, 15) is 4.79 Å². The van der Waals surface area contributed by atoms with Crippen LogP contribution >= 0.6 is 12.4 Å². The summed E-state index contributed by atoms with van der Waals surface area (Å²) < 4.78 is 4.90. The summed E-state index contributed by atoms with van der Waals surface area (Å²) in [7, 11) is 1.53. The van der Waals surface area contributed by atoms with Crippen LogP contribution in [0, 0.1) is 0 Å². The third-order valence-electron chi connectivity index (χ3n) is 1.39. The van der Waals surface area contributed by atoms with Gasteiger partial charge in [0.05, 0.1) is 12.8 Å². The highest BCUT2D eigenvalue weighted by atomic mass is 35.5. The number of halogens is 1. The Hall–Kier alpha value is -1.22. The second kappa shape index (κ2) is 4.62. The van der Waals surface area contributed by atoms with Crippen molar-refractivity contribution >= 4 is 24.4 Å². The average molecular weight is 188 g/mol. The lowest BCUT2D eigenvalue weighted by molar-refractivity contribution is 0.112. The van der Waals surface area contributed by atoms with E-state index in [0.717, 1.165) is 6.29 Å². The summed E-state index contributed by atoms with van der Waals surface area (Å²) in [6, 6.07) is 4.90. The Labute approximate surface area is 76.9 Å². The Morgan fingerprint density at radius 1 is 1.50 bits per heavy atom. The average Bonchev–Trinajstić information content (AvgIpc) is 2.04. The van der Waals surface area contributed by atoms with Gasteiger partial charge in [0.15, 0.2) is 0 Å². The molecule has 3 nitrogen and oxygen atoms in total. The fraction of sp³-hybridized carbons (Fsp3) is 0.125. The molecule has 2 N–H and O–H groups in total. The highest BCUT2D eigenvalue weighted by molar-refractivity contribution is 5.85. The normalized spacial score (nSPS) is 8.42. The van der Waals surface area contributed by atoms with Gasteiger partial charge in [-0.3, -0.25) is 4.79 Å². The molecule has 0 heterocycles. The molecule has 0 aliphatic heterocycles. The fourth-order valence-corrected chi connectivity index (χ4v) is 0.826. The number of benzene rings is 1. The van der Waals surface area contributed by atoms with Crippen LogP contribution in [0.25, 0.3) is 0 Å². The van der Waals surface area contributed by atoms with E-state index in [0.29, 0.717) is 17.0 Å². The molecule has 1 aromatic carbocycles. The van der Waals surface area contributed by atoms with Gasteiger partial charge in [-0.05, 0) is 18.2 Å². The van der Waals surface area contributed by atoms with Crippen molar-refractivity contribution < 1.29 is 9.53 Å².